The molecule has 23 heavy (non-hydrogen) atoms. The monoisotopic (exact) mass is 317 g/mol. The second kappa shape index (κ2) is 7.13. The third-order valence-electron chi connectivity index (χ3n) is 4.80. The molecule has 1 aromatic rings. The zero-order chi connectivity index (χ0) is 16.2. The molecule has 2 fully saturated rings. The summed E-state index contributed by atoms with van der Waals surface area (Å²) >= 11 is 0. The molecule has 1 saturated heterocycles. The van der Waals surface area contributed by atoms with E-state index in [0.717, 1.165) is 12.8 Å². The Bertz CT molecular complexity index is 553. The number of carbonyl (C=O) groups is 2. The van der Waals surface area contributed by atoms with Gasteiger partial charge in [-0.1, -0.05) is 30.3 Å². The highest BCUT2D eigenvalue weighted by molar-refractivity contribution is 5.88. The number of carbonyl (C=O) groups excluding carboxylic acids is 2. The average molecular weight is 317 g/mol. The highest BCUT2D eigenvalue weighted by Gasteiger charge is 2.45. The number of likely N-dealkylation sites (tertiary alicyclic amines) is 1. The summed E-state index contributed by atoms with van der Waals surface area (Å²) in [7, 11) is 1.38. The lowest BCUT2D eigenvalue weighted by Gasteiger charge is -2.43. The third-order valence-corrected chi connectivity index (χ3v) is 4.80. The third kappa shape index (κ3) is 3.55. The van der Waals surface area contributed by atoms with E-state index < -0.39 is 0 Å². The van der Waals surface area contributed by atoms with E-state index in [1.54, 1.807) is 4.90 Å². The zero-order valence-electron chi connectivity index (χ0n) is 13.4. The van der Waals surface area contributed by atoms with E-state index in [0.29, 0.717) is 32.0 Å². The fraction of sp³-hybridized carbons (Fsp3) is 0.556. The number of esters is 1. The van der Waals surface area contributed by atoms with E-state index >= 15 is 0 Å². The smallest absolute Gasteiger partial charge is 0.328 e. The van der Waals surface area contributed by atoms with E-state index in [1.165, 1.54) is 12.7 Å². The first-order valence-corrected chi connectivity index (χ1v) is 8.19. The molecule has 1 aliphatic carbocycles. The first kappa shape index (κ1) is 16.0. The van der Waals surface area contributed by atoms with Gasteiger partial charge < -0.3 is 14.4 Å². The molecule has 1 atom stereocenters. The quantitative estimate of drug-likeness (QED) is 0.754. The summed E-state index contributed by atoms with van der Waals surface area (Å²) in [6, 6.07) is 9.88. The number of benzene rings is 1. The molecule has 1 amide bonds. The van der Waals surface area contributed by atoms with Gasteiger partial charge in [-0.15, -0.1) is 0 Å². The number of amides is 1. The van der Waals surface area contributed by atoms with Crippen LogP contribution < -0.4 is 0 Å². The van der Waals surface area contributed by atoms with E-state index in [1.807, 2.05) is 30.3 Å². The molecule has 0 aromatic heterocycles. The van der Waals surface area contributed by atoms with Crippen LogP contribution in [-0.2, 0) is 25.7 Å². The molecule has 1 heterocycles. The molecule has 0 radical (unpaired) electrons. The summed E-state index contributed by atoms with van der Waals surface area (Å²) in [5, 5.41) is 0. The van der Waals surface area contributed by atoms with Crippen LogP contribution in [0, 0.1) is 5.92 Å². The maximum Gasteiger partial charge on any atom is 0.328 e. The van der Waals surface area contributed by atoms with E-state index in [2.05, 4.69) is 0 Å². The maximum atomic E-state index is 12.0. The van der Waals surface area contributed by atoms with Crippen molar-refractivity contribution in [3.05, 3.63) is 35.9 Å². The largest absolute Gasteiger partial charge is 0.467 e. The molecule has 1 saturated carbocycles. The van der Waals surface area contributed by atoms with E-state index in [-0.39, 0.29) is 24.0 Å². The molecular weight excluding hydrogens is 294 g/mol. The predicted octanol–water partition coefficient (Wildman–Crippen LogP) is 2.15. The summed E-state index contributed by atoms with van der Waals surface area (Å²) in [6.07, 6.45) is 2.85. The second-order valence-corrected chi connectivity index (χ2v) is 6.37. The number of rotatable bonds is 6. The Kier molecular flexibility index (Phi) is 4.96. The molecule has 124 valence electrons. The van der Waals surface area contributed by atoms with Crippen molar-refractivity contribution in [2.45, 2.75) is 44.4 Å². The SMILES string of the molecule is COC(=O)C1CCC(=O)N1C1CC(COCc2ccccc2)C1. The Hall–Kier alpha value is -1.88. The van der Waals surface area contributed by atoms with Crippen LogP contribution in [0.5, 0.6) is 0 Å². The molecule has 3 rings (SSSR count). The number of nitrogens with zero attached hydrogens (tertiary/aromatic N) is 1. The van der Waals surface area contributed by atoms with Gasteiger partial charge in [0, 0.05) is 19.1 Å². The van der Waals surface area contributed by atoms with Crippen molar-refractivity contribution in [3.8, 4) is 0 Å². The van der Waals surface area contributed by atoms with Crippen LogP contribution in [0.25, 0.3) is 0 Å². The van der Waals surface area contributed by atoms with Gasteiger partial charge in [0.25, 0.3) is 0 Å². The fourth-order valence-corrected chi connectivity index (χ4v) is 3.51. The molecule has 5 heteroatoms. The standard InChI is InChI=1S/C18H23NO4/c1-22-18(21)16-7-8-17(20)19(16)15-9-14(10-15)12-23-11-13-5-3-2-4-6-13/h2-6,14-16H,7-12H2,1H3. The molecule has 1 aromatic carbocycles. The molecule has 0 N–H and O–H groups in total. The van der Waals surface area contributed by atoms with Crippen LogP contribution in [0.1, 0.15) is 31.2 Å². The van der Waals surface area contributed by atoms with Crippen molar-refractivity contribution in [3.63, 3.8) is 0 Å². The second-order valence-electron chi connectivity index (χ2n) is 6.37. The first-order chi connectivity index (χ1) is 11.2. The van der Waals surface area contributed by atoms with Gasteiger partial charge in [-0.2, -0.15) is 0 Å². The number of methoxy groups -OCH3 is 1. The van der Waals surface area contributed by atoms with Gasteiger partial charge in [0.15, 0.2) is 0 Å². The lowest BCUT2D eigenvalue weighted by molar-refractivity contribution is -0.153. The minimum atomic E-state index is -0.385. The highest BCUT2D eigenvalue weighted by atomic mass is 16.5. The number of hydrogen-bond donors (Lipinski definition) is 0. The van der Waals surface area contributed by atoms with Gasteiger partial charge in [-0.05, 0) is 30.7 Å². The van der Waals surface area contributed by atoms with E-state index in [9.17, 15) is 9.59 Å². The molecule has 2 aliphatic rings. The fourth-order valence-electron chi connectivity index (χ4n) is 3.51. The maximum absolute atomic E-state index is 12.0. The Morgan fingerprint density at radius 3 is 2.70 bits per heavy atom. The van der Waals surface area contributed by atoms with Gasteiger partial charge >= 0.3 is 5.97 Å². The van der Waals surface area contributed by atoms with Crippen LogP contribution in [0.2, 0.25) is 0 Å². The van der Waals surface area contributed by atoms with Crippen LogP contribution in [-0.4, -0.2) is 42.6 Å². The Morgan fingerprint density at radius 2 is 2.00 bits per heavy atom. The van der Waals surface area contributed by atoms with Gasteiger partial charge in [-0.25, -0.2) is 4.79 Å². The van der Waals surface area contributed by atoms with Crippen LogP contribution in [0.15, 0.2) is 30.3 Å². The molecule has 5 nitrogen and oxygen atoms in total. The van der Waals surface area contributed by atoms with Gasteiger partial charge in [0.05, 0.1) is 13.7 Å². The molecule has 0 bridgehead atoms. The Balaban J connectivity index is 1.43. The number of ether oxygens (including phenoxy) is 2. The summed E-state index contributed by atoms with van der Waals surface area (Å²) in [5.74, 6) is 0.254. The van der Waals surface area contributed by atoms with Gasteiger partial charge in [0.2, 0.25) is 5.91 Å². The van der Waals surface area contributed by atoms with Crippen molar-refractivity contribution < 1.29 is 19.1 Å². The van der Waals surface area contributed by atoms with Gasteiger partial charge in [0.1, 0.15) is 6.04 Å². The Labute approximate surface area is 136 Å². The number of hydrogen-bond acceptors (Lipinski definition) is 4. The minimum absolute atomic E-state index is 0.0778. The van der Waals surface area contributed by atoms with Crippen LogP contribution in [0.4, 0.5) is 0 Å². The summed E-state index contributed by atoms with van der Waals surface area (Å²) in [6.45, 7) is 1.33. The zero-order valence-corrected chi connectivity index (χ0v) is 13.4. The van der Waals surface area contributed by atoms with Crippen molar-refractivity contribution in [2.24, 2.45) is 5.92 Å². The normalized spacial score (nSPS) is 26.9. The average Bonchev–Trinajstić information content (AvgIpc) is 2.91. The van der Waals surface area contributed by atoms with Crippen molar-refractivity contribution in [2.75, 3.05) is 13.7 Å². The summed E-state index contributed by atoms with van der Waals surface area (Å²) in [4.78, 5) is 25.6. The van der Waals surface area contributed by atoms with E-state index in [4.69, 9.17) is 9.47 Å². The van der Waals surface area contributed by atoms with Crippen LogP contribution >= 0.6 is 0 Å². The summed E-state index contributed by atoms with van der Waals surface area (Å²) in [5.41, 5.74) is 1.17. The molecule has 0 spiro atoms. The lowest BCUT2D eigenvalue weighted by Crippen LogP contribution is -2.52. The lowest BCUT2D eigenvalue weighted by atomic mass is 9.79. The minimum Gasteiger partial charge on any atom is -0.467 e. The Morgan fingerprint density at radius 1 is 1.26 bits per heavy atom. The topological polar surface area (TPSA) is 55.8 Å². The van der Waals surface area contributed by atoms with Gasteiger partial charge in [-0.3, -0.25) is 4.79 Å². The molecule has 1 aliphatic heterocycles. The van der Waals surface area contributed by atoms with Crippen LogP contribution in [0.3, 0.4) is 0 Å². The van der Waals surface area contributed by atoms with Crippen molar-refractivity contribution >= 4 is 11.9 Å². The molecule has 1 unspecified atom stereocenters. The highest BCUT2D eigenvalue weighted by Crippen LogP contribution is 2.37. The first-order valence-electron chi connectivity index (χ1n) is 8.19. The predicted molar refractivity (Wildman–Crippen MR) is 84.5 cm³/mol. The summed E-state index contributed by atoms with van der Waals surface area (Å²) < 4.78 is 10.6. The van der Waals surface area contributed by atoms with Crippen molar-refractivity contribution in [1.29, 1.82) is 0 Å². The molecular formula is C18H23NO4. The van der Waals surface area contributed by atoms with Crippen molar-refractivity contribution in [1.82, 2.24) is 4.90 Å².